The van der Waals surface area contributed by atoms with E-state index in [-0.39, 0.29) is 5.25 Å². The van der Waals surface area contributed by atoms with Crippen molar-refractivity contribution in [3.63, 3.8) is 0 Å². The number of nitrogens with zero attached hydrogens (tertiary/aromatic N) is 1. The number of primary amides is 1. The van der Waals surface area contributed by atoms with Gasteiger partial charge in [0.1, 0.15) is 0 Å². The van der Waals surface area contributed by atoms with Crippen molar-refractivity contribution < 1.29 is 4.79 Å². The lowest BCUT2D eigenvalue weighted by atomic mass is 10.2. The van der Waals surface area contributed by atoms with Gasteiger partial charge in [0, 0.05) is 22.1 Å². The van der Waals surface area contributed by atoms with Crippen LogP contribution >= 0.6 is 27.9 Å². The largest absolute Gasteiger partial charge is 0.351 e. The summed E-state index contributed by atoms with van der Waals surface area (Å²) in [5, 5.41) is 0.258. The van der Waals surface area contributed by atoms with Crippen molar-refractivity contribution in [2.24, 2.45) is 5.73 Å². The molecule has 0 bridgehead atoms. The Balaban J connectivity index is 2.44. The van der Waals surface area contributed by atoms with Crippen molar-refractivity contribution in [3.8, 4) is 0 Å². The van der Waals surface area contributed by atoms with Crippen molar-refractivity contribution >= 4 is 33.9 Å². The normalized spacial score (nSPS) is 12.1. The molecule has 0 aliphatic rings. The van der Waals surface area contributed by atoms with E-state index in [9.17, 15) is 4.79 Å². The van der Waals surface area contributed by atoms with Crippen LogP contribution in [0.15, 0.2) is 22.9 Å². The molecule has 0 aromatic carbocycles. The molecule has 4 nitrogen and oxygen atoms in total. The Bertz CT molecular complexity index is 348. The maximum Gasteiger partial charge on any atom is 0.322 e. The molecule has 0 radical (unpaired) electrons. The Kier molecular flexibility index (Phi) is 4.90. The van der Waals surface area contributed by atoms with Crippen LogP contribution in [0.1, 0.15) is 12.5 Å². The average molecular weight is 290 g/mol. The second-order valence-electron chi connectivity index (χ2n) is 3.11. The van der Waals surface area contributed by atoms with Gasteiger partial charge in [-0.1, -0.05) is 6.92 Å². The quantitative estimate of drug-likeness (QED) is 0.834. The van der Waals surface area contributed by atoms with Crippen LogP contribution in [0.5, 0.6) is 0 Å². The summed E-state index contributed by atoms with van der Waals surface area (Å²) in [4.78, 5) is 14.5. The Hall–Kier alpha value is -0.750. The first-order chi connectivity index (χ1) is 7.08. The molecule has 1 heterocycles. The maximum atomic E-state index is 10.5. The molecule has 6 heteroatoms. The summed E-state index contributed by atoms with van der Waals surface area (Å²) in [6, 6.07) is 1.49. The van der Waals surface area contributed by atoms with Gasteiger partial charge in [-0.25, -0.2) is 4.79 Å². The Labute approximate surface area is 101 Å². The first-order valence-corrected chi connectivity index (χ1v) is 6.05. The first kappa shape index (κ1) is 12.3. The molecule has 0 fully saturated rings. The SMILES string of the molecule is CC(Cc1cncc(Br)c1)SNC(N)=O. The van der Waals surface area contributed by atoms with Crippen LogP contribution in [-0.4, -0.2) is 16.3 Å². The lowest BCUT2D eigenvalue weighted by Crippen LogP contribution is -2.25. The molecule has 3 N–H and O–H groups in total. The van der Waals surface area contributed by atoms with Gasteiger partial charge in [-0.15, -0.1) is 0 Å². The molecule has 15 heavy (non-hydrogen) atoms. The molecule has 0 spiro atoms. The Morgan fingerprint density at radius 1 is 1.73 bits per heavy atom. The van der Waals surface area contributed by atoms with E-state index < -0.39 is 6.03 Å². The van der Waals surface area contributed by atoms with Crippen LogP contribution in [-0.2, 0) is 6.42 Å². The number of pyridine rings is 1. The van der Waals surface area contributed by atoms with E-state index in [4.69, 9.17) is 5.73 Å². The number of carbonyl (C=O) groups excluding carboxylic acids is 1. The summed E-state index contributed by atoms with van der Waals surface area (Å²) in [7, 11) is 0. The van der Waals surface area contributed by atoms with Gasteiger partial charge in [0.15, 0.2) is 0 Å². The van der Waals surface area contributed by atoms with Crippen LogP contribution in [0.3, 0.4) is 0 Å². The van der Waals surface area contributed by atoms with Crippen LogP contribution in [0.2, 0.25) is 0 Å². The van der Waals surface area contributed by atoms with Crippen molar-refractivity contribution in [3.05, 3.63) is 28.5 Å². The molecular weight excluding hydrogens is 278 g/mol. The summed E-state index contributed by atoms with van der Waals surface area (Å²) in [5.74, 6) is 0. The van der Waals surface area contributed by atoms with Gasteiger partial charge in [-0.05, 0) is 45.9 Å². The fourth-order valence-electron chi connectivity index (χ4n) is 1.10. The fraction of sp³-hybridized carbons (Fsp3) is 0.333. The predicted molar refractivity (Wildman–Crippen MR) is 65.4 cm³/mol. The molecule has 82 valence electrons. The van der Waals surface area contributed by atoms with Crippen molar-refractivity contribution in [2.45, 2.75) is 18.6 Å². The number of aromatic nitrogens is 1. The lowest BCUT2D eigenvalue weighted by Gasteiger charge is -2.10. The topological polar surface area (TPSA) is 68.0 Å². The average Bonchev–Trinajstić information content (AvgIpc) is 2.15. The molecule has 1 aromatic heterocycles. The highest BCUT2D eigenvalue weighted by molar-refractivity contribution is 9.10. The van der Waals surface area contributed by atoms with Crippen LogP contribution < -0.4 is 10.5 Å². The monoisotopic (exact) mass is 289 g/mol. The third-order valence-electron chi connectivity index (χ3n) is 1.65. The van der Waals surface area contributed by atoms with E-state index in [1.165, 1.54) is 11.9 Å². The zero-order valence-electron chi connectivity index (χ0n) is 8.24. The van der Waals surface area contributed by atoms with Gasteiger partial charge < -0.3 is 5.73 Å². The number of hydrogen-bond acceptors (Lipinski definition) is 3. The second kappa shape index (κ2) is 5.97. The highest BCUT2D eigenvalue weighted by atomic mass is 79.9. The summed E-state index contributed by atoms with van der Waals surface area (Å²) in [6.07, 6.45) is 4.38. The molecule has 0 aliphatic heterocycles. The number of nitrogens with one attached hydrogen (secondary N) is 1. The highest BCUT2D eigenvalue weighted by Gasteiger charge is 2.06. The predicted octanol–water partition coefficient (Wildman–Crippen LogP) is 2.09. The van der Waals surface area contributed by atoms with Crippen LogP contribution in [0.4, 0.5) is 4.79 Å². The fourth-order valence-corrected chi connectivity index (χ4v) is 2.11. The number of carbonyl (C=O) groups is 1. The number of urea groups is 1. The third-order valence-corrected chi connectivity index (χ3v) is 2.97. The third kappa shape index (κ3) is 5.03. The summed E-state index contributed by atoms with van der Waals surface area (Å²) in [5.41, 5.74) is 6.09. The molecule has 2 amide bonds. The minimum atomic E-state index is -0.515. The molecule has 1 unspecified atom stereocenters. The zero-order chi connectivity index (χ0) is 11.3. The second-order valence-corrected chi connectivity index (χ2v) is 5.27. The first-order valence-electron chi connectivity index (χ1n) is 4.38. The molecule has 1 rings (SSSR count). The van der Waals surface area contributed by atoms with Crippen molar-refractivity contribution in [1.29, 1.82) is 0 Å². The molecular formula is C9H12BrN3OS. The highest BCUT2D eigenvalue weighted by Crippen LogP contribution is 2.15. The molecule has 0 saturated carbocycles. The molecule has 1 atom stereocenters. The van der Waals surface area contributed by atoms with Crippen LogP contribution in [0, 0.1) is 0 Å². The minimum absolute atomic E-state index is 0.258. The van der Waals surface area contributed by atoms with Gasteiger partial charge in [0.25, 0.3) is 0 Å². The smallest absolute Gasteiger partial charge is 0.322 e. The van der Waals surface area contributed by atoms with Crippen LogP contribution in [0.25, 0.3) is 0 Å². The van der Waals surface area contributed by atoms with E-state index in [0.29, 0.717) is 0 Å². The summed E-state index contributed by atoms with van der Waals surface area (Å²) >= 11 is 4.67. The number of rotatable bonds is 4. The number of halogens is 1. The van der Waals surface area contributed by atoms with Gasteiger partial charge in [-0.2, -0.15) is 0 Å². The van der Waals surface area contributed by atoms with Crippen molar-refractivity contribution in [2.75, 3.05) is 0 Å². The van der Waals surface area contributed by atoms with E-state index >= 15 is 0 Å². The number of hydrogen-bond donors (Lipinski definition) is 2. The lowest BCUT2D eigenvalue weighted by molar-refractivity contribution is 0.254. The van der Waals surface area contributed by atoms with Gasteiger partial charge in [-0.3, -0.25) is 9.71 Å². The summed E-state index contributed by atoms with van der Waals surface area (Å²) < 4.78 is 3.46. The number of amides is 2. The Morgan fingerprint density at radius 3 is 3.07 bits per heavy atom. The minimum Gasteiger partial charge on any atom is -0.351 e. The number of nitrogens with two attached hydrogens (primary N) is 1. The van der Waals surface area contributed by atoms with Gasteiger partial charge >= 0.3 is 6.03 Å². The van der Waals surface area contributed by atoms with Gasteiger partial charge in [0.05, 0.1) is 0 Å². The van der Waals surface area contributed by atoms with E-state index in [2.05, 4.69) is 25.6 Å². The Morgan fingerprint density at radius 2 is 2.47 bits per heavy atom. The molecule has 0 aliphatic carbocycles. The molecule has 1 aromatic rings. The zero-order valence-corrected chi connectivity index (χ0v) is 10.6. The maximum absolute atomic E-state index is 10.5. The summed E-state index contributed by atoms with van der Waals surface area (Å²) in [6.45, 7) is 2.02. The standard InChI is InChI=1S/C9H12BrN3OS/c1-6(15-13-9(11)14)2-7-3-8(10)5-12-4-7/h3-6H,2H2,1H3,(H3,11,13,14). The van der Waals surface area contributed by atoms with E-state index in [1.54, 1.807) is 6.20 Å². The van der Waals surface area contributed by atoms with E-state index in [1.807, 2.05) is 19.2 Å². The van der Waals surface area contributed by atoms with Gasteiger partial charge in [0.2, 0.25) is 0 Å². The van der Waals surface area contributed by atoms with Crippen molar-refractivity contribution in [1.82, 2.24) is 9.71 Å². The van der Waals surface area contributed by atoms with E-state index in [0.717, 1.165) is 16.5 Å². The molecule has 0 saturated heterocycles.